The first kappa shape index (κ1) is 18.7. The van der Waals surface area contributed by atoms with E-state index in [0.29, 0.717) is 23.6 Å². The van der Waals surface area contributed by atoms with Crippen LogP contribution < -0.4 is 4.90 Å². The summed E-state index contributed by atoms with van der Waals surface area (Å²) in [6, 6.07) is 7.18. The van der Waals surface area contributed by atoms with E-state index in [9.17, 15) is 8.78 Å². The molecule has 5 aromatic rings. The van der Waals surface area contributed by atoms with Crippen molar-refractivity contribution in [3.05, 3.63) is 84.7 Å². The monoisotopic (exact) mass is 431 g/mol. The van der Waals surface area contributed by atoms with Gasteiger partial charge in [-0.25, -0.2) is 23.0 Å². The van der Waals surface area contributed by atoms with Gasteiger partial charge in [-0.3, -0.25) is 0 Å². The average molecular weight is 431 g/mol. The van der Waals surface area contributed by atoms with Crippen molar-refractivity contribution >= 4 is 11.5 Å². The minimum absolute atomic E-state index is 0.267. The van der Waals surface area contributed by atoms with E-state index in [1.807, 2.05) is 41.8 Å². The van der Waals surface area contributed by atoms with Gasteiger partial charge >= 0.3 is 0 Å². The summed E-state index contributed by atoms with van der Waals surface area (Å²) in [5.41, 5.74) is 3.75. The molecule has 0 bridgehead atoms. The van der Waals surface area contributed by atoms with Gasteiger partial charge in [0.05, 0.1) is 18.4 Å². The Morgan fingerprint density at radius 1 is 1.03 bits per heavy atom. The van der Waals surface area contributed by atoms with Crippen LogP contribution in [0.5, 0.6) is 0 Å². The third kappa shape index (κ3) is 3.05. The van der Waals surface area contributed by atoms with Crippen LogP contribution in [0.15, 0.2) is 67.5 Å². The zero-order chi connectivity index (χ0) is 21.7. The summed E-state index contributed by atoms with van der Waals surface area (Å²) in [5.74, 6) is -0.140. The van der Waals surface area contributed by atoms with Crippen LogP contribution in [0.25, 0.3) is 22.5 Å². The number of halogens is 2. The molecule has 4 aromatic heterocycles. The molecule has 5 heterocycles. The molecule has 0 radical (unpaired) electrons. The number of rotatable bonds is 4. The zero-order valence-electron chi connectivity index (χ0n) is 17.0. The van der Waals surface area contributed by atoms with Crippen molar-refractivity contribution < 1.29 is 8.78 Å². The second-order valence-corrected chi connectivity index (χ2v) is 7.87. The molecule has 0 aliphatic carbocycles. The Balaban J connectivity index is 1.39. The highest BCUT2D eigenvalue weighted by Gasteiger charge is 2.30. The smallest absolute Gasteiger partial charge is 0.183 e. The molecule has 0 saturated carbocycles. The largest absolute Gasteiger partial charge is 0.367 e. The third-order valence-corrected chi connectivity index (χ3v) is 5.96. The van der Waals surface area contributed by atoms with Crippen LogP contribution in [0.3, 0.4) is 0 Å². The van der Waals surface area contributed by atoms with Gasteiger partial charge in [-0.2, -0.15) is 10.2 Å². The van der Waals surface area contributed by atoms with Gasteiger partial charge < -0.3 is 9.88 Å². The average Bonchev–Trinajstić information content (AvgIpc) is 3.60. The van der Waals surface area contributed by atoms with Gasteiger partial charge in [-0.15, -0.1) is 0 Å². The van der Waals surface area contributed by atoms with Crippen LogP contribution in [0.2, 0.25) is 0 Å². The molecule has 6 rings (SSSR count). The number of benzene rings is 1. The fourth-order valence-corrected chi connectivity index (χ4v) is 4.41. The molecular formula is C23H19F2N7. The number of nitrogens with zero attached hydrogens (tertiary/aromatic N) is 6. The highest BCUT2D eigenvalue weighted by Crippen LogP contribution is 2.37. The lowest BCUT2D eigenvalue weighted by molar-refractivity contribution is 0.560. The lowest BCUT2D eigenvalue weighted by Crippen LogP contribution is -2.24. The van der Waals surface area contributed by atoms with Crippen LogP contribution in [0.1, 0.15) is 24.4 Å². The van der Waals surface area contributed by atoms with Crippen LogP contribution in [-0.4, -0.2) is 35.9 Å². The second-order valence-electron chi connectivity index (χ2n) is 7.87. The molecule has 1 atom stereocenters. The van der Waals surface area contributed by atoms with Crippen molar-refractivity contribution in [3.8, 4) is 16.8 Å². The van der Waals surface area contributed by atoms with Crippen molar-refractivity contribution in [2.45, 2.75) is 18.9 Å². The van der Waals surface area contributed by atoms with Gasteiger partial charge in [-0.1, -0.05) is 0 Å². The highest BCUT2D eigenvalue weighted by molar-refractivity contribution is 5.65. The standard InChI is InChI=1S/C23H19F2N7/c24-17-3-4-19(25)18(10-17)20-2-1-8-30(20)22-6-9-31-23(29-22)21(13-28-31)32-14-16(12-27-32)15-5-7-26-11-15/h3-7,9-14,20,26H,1-2,8H2/t20-/m1/s1. The predicted molar refractivity (Wildman–Crippen MR) is 116 cm³/mol. The lowest BCUT2D eigenvalue weighted by Gasteiger charge is -2.26. The number of aromatic nitrogens is 6. The first-order chi connectivity index (χ1) is 15.7. The van der Waals surface area contributed by atoms with E-state index < -0.39 is 11.6 Å². The van der Waals surface area contributed by atoms with Crippen molar-refractivity contribution in [3.63, 3.8) is 0 Å². The minimum Gasteiger partial charge on any atom is -0.367 e. The minimum atomic E-state index is -0.438. The van der Waals surface area contributed by atoms with Gasteiger partial charge in [0, 0.05) is 48.0 Å². The molecule has 1 aliphatic rings. The maximum Gasteiger partial charge on any atom is 0.183 e. The van der Waals surface area contributed by atoms with E-state index in [4.69, 9.17) is 4.98 Å². The number of fused-ring (bicyclic) bond motifs is 1. The lowest BCUT2D eigenvalue weighted by atomic mass is 10.0. The Labute approximate surface area is 181 Å². The fraction of sp³-hybridized carbons (Fsp3) is 0.174. The van der Waals surface area contributed by atoms with Crippen LogP contribution in [0, 0.1) is 11.6 Å². The van der Waals surface area contributed by atoms with Crippen LogP contribution in [0.4, 0.5) is 14.6 Å². The highest BCUT2D eigenvalue weighted by atomic mass is 19.1. The Morgan fingerprint density at radius 2 is 1.97 bits per heavy atom. The van der Waals surface area contributed by atoms with Gasteiger partial charge in [0.2, 0.25) is 0 Å². The number of hydrogen-bond acceptors (Lipinski definition) is 4. The number of anilines is 1. The molecule has 1 fully saturated rings. The Bertz CT molecular complexity index is 1400. The fourth-order valence-electron chi connectivity index (χ4n) is 4.41. The van der Waals surface area contributed by atoms with Crippen molar-refractivity contribution in [2.75, 3.05) is 11.4 Å². The summed E-state index contributed by atoms with van der Waals surface area (Å²) in [6.45, 7) is 0.715. The molecular weight excluding hydrogens is 412 g/mol. The van der Waals surface area contributed by atoms with E-state index in [1.165, 1.54) is 12.1 Å². The zero-order valence-corrected chi connectivity index (χ0v) is 17.0. The molecule has 1 N–H and O–H groups in total. The molecule has 0 spiro atoms. The molecule has 0 amide bonds. The number of nitrogens with one attached hydrogen (secondary N) is 1. The van der Waals surface area contributed by atoms with E-state index in [-0.39, 0.29) is 6.04 Å². The summed E-state index contributed by atoms with van der Waals surface area (Å²) in [4.78, 5) is 9.91. The summed E-state index contributed by atoms with van der Waals surface area (Å²) in [6.07, 6.45) is 12.6. The predicted octanol–water partition coefficient (Wildman–Crippen LogP) is 4.53. The molecule has 1 aromatic carbocycles. The topological polar surface area (TPSA) is 67.0 Å². The SMILES string of the molecule is Fc1ccc(F)c([C@H]2CCCN2c2ccn3ncc(-n4cc(-c5cc[nH]c5)cn4)c3n2)c1. The summed E-state index contributed by atoms with van der Waals surface area (Å²) in [5, 5.41) is 8.88. The molecule has 1 saturated heterocycles. The molecule has 0 unspecified atom stereocenters. The van der Waals surface area contributed by atoms with Gasteiger partial charge in [0.25, 0.3) is 0 Å². The van der Waals surface area contributed by atoms with Crippen molar-refractivity contribution in [1.29, 1.82) is 0 Å². The number of hydrogen-bond donors (Lipinski definition) is 1. The summed E-state index contributed by atoms with van der Waals surface area (Å²) in [7, 11) is 0. The van der Waals surface area contributed by atoms with Gasteiger partial charge in [0.1, 0.15) is 23.1 Å². The maximum absolute atomic E-state index is 14.5. The summed E-state index contributed by atoms with van der Waals surface area (Å²) >= 11 is 0. The molecule has 160 valence electrons. The van der Waals surface area contributed by atoms with Crippen LogP contribution in [-0.2, 0) is 0 Å². The normalized spacial score (nSPS) is 16.3. The van der Waals surface area contributed by atoms with Crippen molar-refractivity contribution in [1.82, 2.24) is 29.4 Å². The molecule has 9 heteroatoms. The van der Waals surface area contributed by atoms with E-state index in [1.54, 1.807) is 21.6 Å². The Morgan fingerprint density at radius 3 is 2.84 bits per heavy atom. The van der Waals surface area contributed by atoms with Crippen LogP contribution >= 0.6 is 0 Å². The first-order valence-corrected chi connectivity index (χ1v) is 10.4. The third-order valence-electron chi connectivity index (χ3n) is 5.96. The van der Waals surface area contributed by atoms with Gasteiger partial charge in [-0.05, 0) is 43.2 Å². The van der Waals surface area contributed by atoms with E-state index in [0.717, 1.165) is 35.7 Å². The molecule has 7 nitrogen and oxygen atoms in total. The second kappa shape index (κ2) is 7.30. The molecule has 1 aliphatic heterocycles. The quantitative estimate of drug-likeness (QED) is 0.454. The first-order valence-electron chi connectivity index (χ1n) is 10.4. The Hall–Kier alpha value is -4.01. The summed E-state index contributed by atoms with van der Waals surface area (Å²) < 4.78 is 31.7. The van der Waals surface area contributed by atoms with E-state index >= 15 is 0 Å². The molecule has 32 heavy (non-hydrogen) atoms. The van der Waals surface area contributed by atoms with E-state index in [2.05, 4.69) is 15.2 Å². The number of H-pyrrole nitrogens is 1. The van der Waals surface area contributed by atoms with Gasteiger partial charge in [0.15, 0.2) is 5.65 Å². The number of aromatic amines is 1. The van der Waals surface area contributed by atoms with Crippen molar-refractivity contribution in [2.24, 2.45) is 0 Å². The maximum atomic E-state index is 14.5. The Kier molecular flexibility index (Phi) is 4.27.